The molecule has 2 rings (SSSR count). The number of fused-ring (bicyclic) bond motifs is 1. The first kappa shape index (κ1) is 9.34. The summed E-state index contributed by atoms with van der Waals surface area (Å²) in [6, 6.07) is 8.17. The minimum Gasteiger partial charge on any atom is -0.424 e. The molecule has 1 N–H and O–H groups in total. The molecule has 2 aromatic rings. The van der Waals surface area contributed by atoms with Crippen LogP contribution in [0.15, 0.2) is 28.7 Å². The number of nitrogens with one attached hydrogen (secondary N) is 1. The molecule has 1 atom stereocenters. The standard InChI is InChI=1S/C10H11ClN2O/c1-7(11)6-12-10-13-8-4-2-3-5-9(8)14-10/h2-5,7H,6H2,1H3,(H,12,13). The van der Waals surface area contributed by atoms with Crippen LogP contribution < -0.4 is 5.32 Å². The van der Waals surface area contributed by atoms with Crippen molar-refractivity contribution in [3.63, 3.8) is 0 Å². The Bertz CT molecular complexity index is 392. The normalized spacial score (nSPS) is 13.0. The third-order valence-corrected chi connectivity index (χ3v) is 1.98. The molecule has 1 aromatic heterocycles. The van der Waals surface area contributed by atoms with Crippen molar-refractivity contribution in [2.45, 2.75) is 12.3 Å². The first-order valence-electron chi connectivity index (χ1n) is 4.49. The lowest BCUT2D eigenvalue weighted by molar-refractivity contribution is 0.614. The molecule has 1 heterocycles. The minimum absolute atomic E-state index is 0.0602. The molecule has 0 aliphatic rings. The van der Waals surface area contributed by atoms with Gasteiger partial charge in [-0.3, -0.25) is 0 Å². The highest BCUT2D eigenvalue weighted by molar-refractivity contribution is 6.20. The van der Waals surface area contributed by atoms with Crippen molar-refractivity contribution in [3.8, 4) is 0 Å². The number of para-hydroxylation sites is 2. The van der Waals surface area contributed by atoms with E-state index in [0.717, 1.165) is 11.1 Å². The van der Waals surface area contributed by atoms with Crippen LogP contribution in [0.4, 0.5) is 6.01 Å². The van der Waals surface area contributed by atoms with E-state index >= 15 is 0 Å². The number of halogens is 1. The molecule has 14 heavy (non-hydrogen) atoms. The molecule has 3 nitrogen and oxygen atoms in total. The molecule has 0 amide bonds. The minimum atomic E-state index is 0.0602. The van der Waals surface area contributed by atoms with Crippen molar-refractivity contribution >= 4 is 28.7 Å². The maximum atomic E-state index is 5.79. The second-order valence-corrected chi connectivity index (χ2v) is 3.89. The lowest BCUT2D eigenvalue weighted by atomic mass is 10.3. The molecule has 0 aliphatic carbocycles. The predicted molar refractivity (Wildman–Crippen MR) is 57.8 cm³/mol. The van der Waals surface area contributed by atoms with E-state index in [9.17, 15) is 0 Å². The van der Waals surface area contributed by atoms with Crippen molar-refractivity contribution < 1.29 is 4.42 Å². The van der Waals surface area contributed by atoms with E-state index in [2.05, 4.69) is 10.3 Å². The fraction of sp³-hybridized carbons (Fsp3) is 0.300. The number of hydrogen-bond donors (Lipinski definition) is 1. The zero-order valence-corrected chi connectivity index (χ0v) is 8.58. The van der Waals surface area contributed by atoms with Crippen LogP contribution in [0.25, 0.3) is 11.1 Å². The van der Waals surface area contributed by atoms with Gasteiger partial charge in [-0.2, -0.15) is 4.98 Å². The smallest absolute Gasteiger partial charge is 0.295 e. The first-order valence-corrected chi connectivity index (χ1v) is 4.93. The number of anilines is 1. The fourth-order valence-electron chi connectivity index (χ4n) is 1.18. The van der Waals surface area contributed by atoms with Gasteiger partial charge >= 0.3 is 0 Å². The van der Waals surface area contributed by atoms with E-state index in [1.54, 1.807) is 0 Å². The van der Waals surface area contributed by atoms with Crippen molar-refractivity contribution in [1.29, 1.82) is 0 Å². The monoisotopic (exact) mass is 210 g/mol. The van der Waals surface area contributed by atoms with E-state index in [0.29, 0.717) is 12.6 Å². The maximum Gasteiger partial charge on any atom is 0.295 e. The third-order valence-electron chi connectivity index (χ3n) is 1.83. The number of benzene rings is 1. The molecule has 0 radical (unpaired) electrons. The van der Waals surface area contributed by atoms with E-state index in [1.807, 2.05) is 31.2 Å². The lowest BCUT2D eigenvalue weighted by Crippen LogP contribution is -2.10. The van der Waals surface area contributed by atoms with Gasteiger partial charge in [0.25, 0.3) is 6.01 Å². The molecule has 0 fully saturated rings. The fourth-order valence-corrected chi connectivity index (χ4v) is 1.25. The molecule has 74 valence electrons. The Balaban J connectivity index is 2.19. The SMILES string of the molecule is CC(Cl)CNc1nc2ccccc2o1. The van der Waals surface area contributed by atoms with Gasteiger partial charge in [-0.25, -0.2) is 0 Å². The van der Waals surface area contributed by atoms with Gasteiger partial charge in [-0.05, 0) is 19.1 Å². The van der Waals surface area contributed by atoms with Gasteiger partial charge in [0.05, 0.1) is 0 Å². The van der Waals surface area contributed by atoms with Crippen LogP contribution in [-0.2, 0) is 0 Å². The van der Waals surface area contributed by atoms with Gasteiger partial charge in [0.1, 0.15) is 5.52 Å². The van der Waals surface area contributed by atoms with Crippen LogP contribution in [0.1, 0.15) is 6.92 Å². The second kappa shape index (κ2) is 3.88. The number of oxazole rings is 1. The van der Waals surface area contributed by atoms with Gasteiger partial charge < -0.3 is 9.73 Å². The summed E-state index contributed by atoms with van der Waals surface area (Å²) in [5, 5.41) is 3.08. The van der Waals surface area contributed by atoms with Gasteiger partial charge in [-0.1, -0.05) is 12.1 Å². The summed E-state index contributed by atoms with van der Waals surface area (Å²) >= 11 is 5.79. The van der Waals surface area contributed by atoms with Crippen molar-refractivity contribution in [2.75, 3.05) is 11.9 Å². The van der Waals surface area contributed by atoms with E-state index in [-0.39, 0.29) is 5.38 Å². The third kappa shape index (κ3) is 1.99. The molecule has 0 bridgehead atoms. The van der Waals surface area contributed by atoms with Crippen LogP contribution >= 0.6 is 11.6 Å². The highest BCUT2D eigenvalue weighted by Gasteiger charge is 2.04. The topological polar surface area (TPSA) is 38.1 Å². The van der Waals surface area contributed by atoms with E-state index in [1.165, 1.54) is 0 Å². The summed E-state index contributed by atoms with van der Waals surface area (Å²) in [5.74, 6) is 0. The molecule has 0 saturated carbocycles. The van der Waals surface area contributed by atoms with Gasteiger partial charge in [0.2, 0.25) is 0 Å². The van der Waals surface area contributed by atoms with Gasteiger partial charge in [0.15, 0.2) is 5.58 Å². The number of rotatable bonds is 3. The van der Waals surface area contributed by atoms with Crippen LogP contribution in [0.2, 0.25) is 0 Å². The highest BCUT2D eigenvalue weighted by atomic mass is 35.5. The zero-order valence-electron chi connectivity index (χ0n) is 7.83. The molecule has 1 aromatic carbocycles. The number of hydrogen-bond acceptors (Lipinski definition) is 3. The predicted octanol–water partition coefficient (Wildman–Crippen LogP) is 2.87. The number of alkyl halides is 1. The second-order valence-electron chi connectivity index (χ2n) is 3.15. The van der Waals surface area contributed by atoms with Crippen LogP contribution in [0.5, 0.6) is 0 Å². The van der Waals surface area contributed by atoms with Crippen LogP contribution in [-0.4, -0.2) is 16.9 Å². The summed E-state index contributed by atoms with van der Waals surface area (Å²) < 4.78 is 5.44. The Kier molecular flexibility index (Phi) is 2.59. The summed E-state index contributed by atoms with van der Waals surface area (Å²) in [4.78, 5) is 4.25. The summed E-state index contributed by atoms with van der Waals surface area (Å²) in [5.41, 5.74) is 1.65. The first-order chi connectivity index (χ1) is 6.75. The molecule has 4 heteroatoms. The van der Waals surface area contributed by atoms with Crippen molar-refractivity contribution in [2.24, 2.45) is 0 Å². The Morgan fingerprint density at radius 1 is 1.50 bits per heavy atom. The summed E-state index contributed by atoms with van der Waals surface area (Å²) in [7, 11) is 0. The quantitative estimate of drug-likeness (QED) is 0.792. The van der Waals surface area contributed by atoms with Gasteiger partial charge in [-0.15, -0.1) is 11.6 Å². The summed E-state index contributed by atoms with van der Waals surface area (Å²) in [6.45, 7) is 2.56. The maximum absolute atomic E-state index is 5.79. The molecule has 0 spiro atoms. The van der Waals surface area contributed by atoms with Crippen LogP contribution in [0, 0.1) is 0 Å². The molecule has 1 unspecified atom stereocenters. The average Bonchev–Trinajstić information content (AvgIpc) is 2.57. The van der Waals surface area contributed by atoms with Crippen molar-refractivity contribution in [1.82, 2.24) is 4.98 Å². The Morgan fingerprint density at radius 2 is 2.29 bits per heavy atom. The van der Waals surface area contributed by atoms with E-state index in [4.69, 9.17) is 16.0 Å². The average molecular weight is 211 g/mol. The van der Waals surface area contributed by atoms with Crippen molar-refractivity contribution in [3.05, 3.63) is 24.3 Å². The largest absolute Gasteiger partial charge is 0.424 e. The highest BCUT2D eigenvalue weighted by Crippen LogP contribution is 2.17. The molecular formula is C10H11ClN2O. The Hall–Kier alpha value is -1.22. The zero-order chi connectivity index (χ0) is 9.97. The van der Waals surface area contributed by atoms with Crippen LogP contribution in [0.3, 0.4) is 0 Å². The molecule has 0 saturated heterocycles. The summed E-state index contributed by atoms with van der Waals surface area (Å²) in [6.07, 6.45) is 0. The molecule has 0 aliphatic heterocycles. The van der Waals surface area contributed by atoms with E-state index < -0.39 is 0 Å². The Morgan fingerprint density at radius 3 is 3.00 bits per heavy atom. The van der Waals surface area contributed by atoms with Gasteiger partial charge in [0, 0.05) is 11.9 Å². The number of nitrogens with zero attached hydrogens (tertiary/aromatic N) is 1. The molecular weight excluding hydrogens is 200 g/mol. The Labute approximate surface area is 87.1 Å². The number of aromatic nitrogens is 1. The lowest BCUT2D eigenvalue weighted by Gasteiger charge is -2.01.